The summed E-state index contributed by atoms with van der Waals surface area (Å²) >= 11 is 6.67. The van der Waals surface area contributed by atoms with E-state index in [1.54, 1.807) is 0 Å². The molecule has 8 nitrogen and oxygen atoms in total. The van der Waals surface area contributed by atoms with Crippen molar-refractivity contribution in [1.82, 2.24) is 5.16 Å². The highest BCUT2D eigenvalue weighted by Crippen LogP contribution is 2.36. The lowest BCUT2D eigenvalue weighted by atomic mass is 10.0. The molecule has 0 saturated carbocycles. The number of sulfonamides is 1. The Kier molecular flexibility index (Phi) is 3.27. The summed E-state index contributed by atoms with van der Waals surface area (Å²) in [4.78, 5) is 12.3. The number of carbonyl (C=O) groups is 1. The van der Waals surface area contributed by atoms with Gasteiger partial charge in [-0.15, -0.1) is 11.3 Å². The zero-order valence-corrected chi connectivity index (χ0v) is 16.7. The molecule has 0 bridgehead atoms. The van der Waals surface area contributed by atoms with Crippen molar-refractivity contribution in [2.45, 2.75) is 25.0 Å². The Labute approximate surface area is 185 Å². The van der Waals surface area contributed by atoms with Gasteiger partial charge >= 0.3 is 0 Å². The van der Waals surface area contributed by atoms with Crippen LogP contribution in [0.4, 0.5) is 5.88 Å². The molecule has 1 N–H and O–H groups in total. The van der Waals surface area contributed by atoms with Gasteiger partial charge in [-0.25, -0.2) is 13.1 Å². The molecular weight excluding hydrogens is 440 g/mol. The van der Waals surface area contributed by atoms with Gasteiger partial charge in [0.1, 0.15) is 15.6 Å². The lowest BCUT2D eigenvalue weighted by Crippen LogP contribution is -2.16. The molecule has 29 heavy (non-hydrogen) atoms. The number of anilines is 1. The number of benzene rings is 1. The minimum atomic E-state index is -4.79. The Bertz CT molecular complexity index is 1450. The number of ether oxygens (including phenoxy) is 2. The summed E-state index contributed by atoms with van der Waals surface area (Å²) in [5.74, 6) is -1.16. The molecule has 1 aliphatic heterocycles. The Morgan fingerprint density at radius 3 is 2.90 bits per heavy atom. The van der Waals surface area contributed by atoms with Crippen LogP contribution in [0.15, 0.2) is 33.0 Å². The van der Waals surface area contributed by atoms with E-state index in [-0.39, 0.29) is 39.0 Å². The highest BCUT2D eigenvalue weighted by atomic mass is 35.5. The van der Waals surface area contributed by atoms with E-state index in [4.69, 9.17) is 35.2 Å². The van der Waals surface area contributed by atoms with E-state index in [0.717, 1.165) is 17.4 Å². The van der Waals surface area contributed by atoms with Gasteiger partial charge in [0.2, 0.25) is 6.79 Å². The molecule has 3 aromatic rings. The van der Waals surface area contributed by atoms with Crippen LogP contribution in [0.3, 0.4) is 0 Å². The first kappa shape index (κ1) is 12.9. The van der Waals surface area contributed by atoms with Gasteiger partial charge in [-0.2, -0.15) is 0 Å². The number of rotatable bonds is 6. The first-order chi connectivity index (χ1) is 16.6. The molecule has 2 aromatic heterocycles. The summed E-state index contributed by atoms with van der Waals surface area (Å²) in [5, 5.41) is 3.85. The smallest absolute Gasteiger partial charge is 0.265 e. The predicted molar refractivity (Wildman–Crippen MR) is 107 cm³/mol. The number of nitrogens with zero attached hydrogens (tertiary/aromatic N) is 1. The summed E-state index contributed by atoms with van der Waals surface area (Å²) in [6, 6.07) is 3.68. The van der Waals surface area contributed by atoms with Crippen LogP contribution in [-0.4, -0.2) is 26.2 Å². The zero-order valence-electron chi connectivity index (χ0n) is 21.3. The molecule has 0 saturated heterocycles. The number of thiophene rings is 1. The standard InChI is InChI=1S/C18H15ClN2O6S2/c1-9-5-13-14(26-8-25-13)7-11(9)6-12(22)17-15(3-4-28-17)29(23,24)21-18-16(19)10(2)20-27-18/h3-5,7,21H,6,8H2,1-2H3/i1D3,2D3/hD. The average Bonchev–Trinajstić information content (AvgIpc) is 3.50. The van der Waals surface area contributed by atoms with Gasteiger partial charge in [0.15, 0.2) is 18.7 Å². The fourth-order valence-corrected chi connectivity index (χ4v) is 5.04. The van der Waals surface area contributed by atoms with Crippen molar-refractivity contribution in [2.75, 3.05) is 11.5 Å². The van der Waals surface area contributed by atoms with Crippen LogP contribution in [0.5, 0.6) is 11.5 Å². The van der Waals surface area contributed by atoms with Gasteiger partial charge in [0, 0.05) is 14.6 Å². The number of hydrogen-bond donors (Lipinski definition) is 1. The van der Waals surface area contributed by atoms with Gasteiger partial charge < -0.3 is 14.0 Å². The number of aromatic nitrogens is 1. The monoisotopic (exact) mass is 461 g/mol. The summed E-state index contributed by atoms with van der Waals surface area (Å²) in [7, 11) is -4.79. The largest absolute Gasteiger partial charge is 0.454 e. The third-order valence-electron chi connectivity index (χ3n) is 3.93. The molecular formula is C18H15ClN2O6S2. The second-order valence-corrected chi connectivity index (χ2v) is 8.66. The van der Waals surface area contributed by atoms with Crippen LogP contribution in [0.2, 0.25) is 6.43 Å². The quantitative estimate of drug-likeness (QED) is 0.553. The molecule has 0 aliphatic carbocycles. The summed E-state index contributed by atoms with van der Waals surface area (Å²) in [5.41, 5.74) is -0.800. The number of halogens is 1. The lowest BCUT2D eigenvalue weighted by Gasteiger charge is -2.09. The number of aryl methyl sites for hydroxylation is 2. The number of nitrogens with one attached hydrogen (secondary N) is 1. The van der Waals surface area contributed by atoms with E-state index in [2.05, 4.69) is 5.16 Å². The molecule has 3 heterocycles. The Balaban J connectivity index is 1.68. The van der Waals surface area contributed by atoms with Crippen molar-refractivity contribution in [3.8, 4) is 11.5 Å². The van der Waals surface area contributed by atoms with Crippen molar-refractivity contribution in [3.63, 3.8) is 0 Å². The highest BCUT2D eigenvalue weighted by molar-refractivity contribution is 7.93. The maximum atomic E-state index is 13.2. The van der Waals surface area contributed by atoms with E-state index < -0.39 is 57.4 Å². The van der Waals surface area contributed by atoms with Crippen molar-refractivity contribution in [2.24, 2.45) is 0 Å². The molecule has 0 amide bonds. The first-order valence-electron chi connectivity index (χ1n) is 11.3. The van der Waals surface area contributed by atoms with Crippen molar-refractivity contribution < 1.29 is 36.8 Å². The molecule has 0 spiro atoms. The van der Waals surface area contributed by atoms with E-state index in [0.29, 0.717) is 0 Å². The number of carbonyl (C=O) groups excluding carboxylic acids is 1. The third-order valence-corrected chi connectivity index (χ3v) is 6.66. The molecule has 11 heteroatoms. The molecule has 1 aliphatic rings. The Hall–Kier alpha value is -2.56. The molecule has 0 radical (unpaired) electrons. The van der Waals surface area contributed by atoms with Crippen LogP contribution in [0, 0.1) is 13.7 Å². The van der Waals surface area contributed by atoms with Crippen LogP contribution in [-0.2, 0) is 16.4 Å². The first-order valence-corrected chi connectivity index (χ1v) is 10.6. The van der Waals surface area contributed by atoms with Crippen LogP contribution < -0.4 is 14.2 Å². The molecule has 4 rings (SSSR count). The molecule has 152 valence electrons. The zero-order chi connectivity index (χ0) is 26.6. The number of hydrogen-bond acceptors (Lipinski definition) is 8. The molecule has 1 aromatic carbocycles. The van der Waals surface area contributed by atoms with Crippen LogP contribution in [0.1, 0.15) is 34.7 Å². The lowest BCUT2D eigenvalue weighted by molar-refractivity contribution is 0.0994. The van der Waals surface area contributed by atoms with Gasteiger partial charge in [0.05, 0.1) is 4.88 Å². The van der Waals surface area contributed by atoms with E-state index in [9.17, 15) is 13.2 Å². The third kappa shape index (κ3) is 3.70. The second-order valence-electron chi connectivity index (χ2n) is 5.79. The van der Waals surface area contributed by atoms with Crippen molar-refractivity contribution >= 4 is 44.6 Å². The second kappa shape index (κ2) is 7.36. The number of fused-ring (bicyclic) bond motifs is 1. The summed E-state index contributed by atoms with van der Waals surface area (Å²) in [6.07, 6.45) is -0.488. The van der Waals surface area contributed by atoms with E-state index in [1.807, 2.05) is 0 Å². The fourth-order valence-electron chi connectivity index (χ4n) is 2.57. The topological polar surface area (TPSA) is 108 Å². The maximum Gasteiger partial charge on any atom is 0.265 e. The van der Waals surface area contributed by atoms with Crippen LogP contribution in [0.25, 0.3) is 0 Å². The van der Waals surface area contributed by atoms with Crippen molar-refractivity contribution in [3.05, 3.63) is 50.3 Å². The van der Waals surface area contributed by atoms with Gasteiger partial charge in [-0.3, -0.25) is 4.79 Å². The summed E-state index contributed by atoms with van der Waals surface area (Å²) in [6.45, 7) is -5.53. The minimum absolute atomic E-state index is 0.0873. The Morgan fingerprint density at radius 2 is 2.17 bits per heavy atom. The fraction of sp³-hybridized carbons (Fsp3) is 0.222. The van der Waals surface area contributed by atoms with E-state index in [1.165, 1.54) is 17.5 Å². The molecule has 0 fully saturated rings. The van der Waals surface area contributed by atoms with Crippen molar-refractivity contribution in [1.29, 1.82) is 0 Å². The van der Waals surface area contributed by atoms with E-state index >= 15 is 0 Å². The highest BCUT2D eigenvalue weighted by Gasteiger charge is 2.27. The van der Waals surface area contributed by atoms with Gasteiger partial charge in [-0.1, -0.05) is 16.8 Å². The predicted octanol–water partition coefficient (Wildman–Crippen LogP) is 3.96. The minimum Gasteiger partial charge on any atom is -0.454 e. The van der Waals surface area contributed by atoms with Crippen LogP contribution >= 0.6 is 22.9 Å². The maximum absolute atomic E-state index is 13.2. The van der Waals surface area contributed by atoms with Gasteiger partial charge in [-0.05, 0) is 48.4 Å². The Morgan fingerprint density at radius 1 is 1.38 bits per heavy atom. The average molecular weight is 462 g/mol. The normalized spacial score (nSPS) is 17.3. The van der Waals surface area contributed by atoms with Gasteiger partial charge in [0.25, 0.3) is 15.9 Å². The SMILES string of the molecule is [2H]N(c1onc(C([2H])([2H])[2H])c1Cl)S(=O)(=O)c1ccsc1C(=O)Cc1cc2c(cc1C([2H])([2H])[2H])OCO2. The summed E-state index contributed by atoms with van der Waals surface area (Å²) < 4.78 is 94.8. The molecule has 0 unspecified atom stereocenters. The molecule has 0 atom stereocenters. The number of ketones is 1. The number of Topliss-reactive ketones (excluding diaryl/α,β-unsaturated/α-hetero) is 1.